The SMILES string of the molecule is CC(CC(=N)N)N(C)Cc1cccc(F)c1. The van der Waals surface area contributed by atoms with E-state index in [1.165, 1.54) is 12.1 Å². The van der Waals surface area contributed by atoms with Crippen molar-refractivity contribution in [2.75, 3.05) is 7.05 Å². The molecule has 1 unspecified atom stereocenters. The molecule has 0 amide bonds. The summed E-state index contributed by atoms with van der Waals surface area (Å²) in [6.07, 6.45) is 0.534. The molecule has 3 nitrogen and oxygen atoms in total. The van der Waals surface area contributed by atoms with Gasteiger partial charge in [-0.2, -0.15) is 0 Å². The molecule has 16 heavy (non-hydrogen) atoms. The van der Waals surface area contributed by atoms with Gasteiger partial charge < -0.3 is 5.73 Å². The maximum absolute atomic E-state index is 13.0. The highest BCUT2D eigenvalue weighted by Gasteiger charge is 2.10. The lowest BCUT2D eigenvalue weighted by atomic mass is 10.1. The van der Waals surface area contributed by atoms with Gasteiger partial charge in [0.15, 0.2) is 0 Å². The van der Waals surface area contributed by atoms with Crippen molar-refractivity contribution in [3.63, 3.8) is 0 Å². The molecule has 0 radical (unpaired) electrons. The molecule has 4 heteroatoms. The van der Waals surface area contributed by atoms with E-state index in [1.54, 1.807) is 6.07 Å². The Morgan fingerprint density at radius 3 is 2.81 bits per heavy atom. The standard InChI is InChI=1S/C12H18FN3/c1-9(6-12(14)15)16(2)8-10-4-3-5-11(13)7-10/h3-5,7,9H,6,8H2,1-2H3,(H3,14,15). The van der Waals surface area contributed by atoms with Gasteiger partial charge in [-0.1, -0.05) is 12.1 Å². The molecule has 0 spiro atoms. The number of rotatable bonds is 5. The van der Waals surface area contributed by atoms with Crippen LogP contribution in [0, 0.1) is 11.2 Å². The summed E-state index contributed by atoms with van der Waals surface area (Å²) in [5, 5.41) is 7.22. The lowest BCUT2D eigenvalue weighted by Gasteiger charge is -2.24. The second kappa shape index (κ2) is 5.61. The third kappa shape index (κ3) is 3.98. The summed E-state index contributed by atoms with van der Waals surface area (Å²) in [5.41, 5.74) is 6.27. The zero-order valence-electron chi connectivity index (χ0n) is 9.70. The maximum Gasteiger partial charge on any atom is 0.123 e. The van der Waals surface area contributed by atoms with E-state index in [4.69, 9.17) is 11.1 Å². The average molecular weight is 223 g/mol. The normalized spacial score (nSPS) is 12.8. The van der Waals surface area contributed by atoms with Gasteiger partial charge in [0, 0.05) is 19.0 Å². The fraction of sp³-hybridized carbons (Fsp3) is 0.417. The second-order valence-electron chi connectivity index (χ2n) is 4.12. The Bertz CT molecular complexity index is 365. The summed E-state index contributed by atoms with van der Waals surface area (Å²) in [5.74, 6) is -0.0382. The van der Waals surface area contributed by atoms with Crippen LogP contribution in [0.25, 0.3) is 0 Å². The molecule has 0 heterocycles. The molecule has 0 aliphatic carbocycles. The molecule has 0 saturated carbocycles. The quantitative estimate of drug-likeness (QED) is 0.592. The van der Waals surface area contributed by atoms with Crippen LogP contribution in [0.1, 0.15) is 18.9 Å². The summed E-state index contributed by atoms with van der Waals surface area (Å²) in [6, 6.07) is 6.73. The van der Waals surface area contributed by atoms with E-state index in [0.717, 1.165) is 5.56 Å². The summed E-state index contributed by atoms with van der Waals surface area (Å²) in [6.45, 7) is 2.66. The van der Waals surface area contributed by atoms with E-state index in [-0.39, 0.29) is 17.7 Å². The van der Waals surface area contributed by atoms with Gasteiger partial charge >= 0.3 is 0 Å². The largest absolute Gasteiger partial charge is 0.388 e. The molecule has 1 aromatic carbocycles. The van der Waals surface area contributed by atoms with Crippen LogP contribution in [0.5, 0.6) is 0 Å². The van der Waals surface area contributed by atoms with Crippen molar-refractivity contribution in [3.8, 4) is 0 Å². The number of halogens is 1. The Kier molecular flexibility index (Phi) is 4.43. The number of nitrogens with two attached hydrogens (primary N) is 1. The molecule has 0 aliphatic rings. The Labute approximate surface area is 95.6 Å². The van der Waals surface area contributed by atoms with Crippen LogP contribution in [0.3, 0.4) is 0 Å². The first-order valence-electron chi connectivity index (χ1n) is 5.26. The molecule has 0 aromatic heterocycles. The molecule has 0 fully saturated rings. The number of nitrogens with zero attached hydrogens (tertiary/aromatic N) is 1. The lowest BCUT2D eigenvalue weighted by molar-refractivity contribution is 0.254. The number of benzene rings is 1. The first kappa shape index (κ1) is 12.6. The summed E-state index contributed by atoms with van der Waals surface area (Å²) in [4.78, 5) is 2.05. The van der Waals surface area contributed by atoms with Gasteiger partial charge in [0.1, 0.15) is 5.82 Å². The van der Waals surface area contributed by atoms with Gasteiger partial charge in [-0.05, 0) is 31.7 Å². The smallest absolute Gasteiger partial charge is 0.123 e. The van der Waals surface area contributed by atoms with Crippen molar-refractivity contribution in [1.82, 2.24) is 4.90 Å². The van der Waals surface area contributed by atoms with Crippen LogP contribution in [0.2, 0.25) is 0 Å². The zero-order chi connectivity index (χ0) is 12.1. The van der Waals surface area contributed by atoms with Gasteiger partial charge in [-0.15, -0.1) is 0 Å². The molecular weight excluding hydrogens is 205 g/mol. The second-order valence-corrected chi connectivity index (χ2v) is 4.12. The Balaban J connectivity index is 2.56. The van der Waals surface area contributed by atoms with E-state index in [0.29, 0.717) is 13.0 Å². The summed E-state index contributed by atoms with van der Waals surface area (Å²) < 4.78 is 13.0. The number of hydrogen-bond donors (Lipinski definition) is 2. The van der Waals surface area contributed by atoms with Crippen LogP contribution in [0.15, 0.2) is 24.3 Å². The molecule has 1 atom stereocenters. The Morgan fingerprint density at radius 2 is 2.25 bits per heavy atom. The molecule has 1 aromatic rings. The average Bonchev–Trinajstić information content (AvgIpc) is 2.16. The van der Waals surface area contributed by atoms with E-state index in [1.807, 2.05) is 20.0 Å². The monoisotopic (exact) mass is 223 g/mol. The Morgan fingerprint density at radius 1 is 1.56 bits per heavy atom. The predicted octanol–water partition coefficient (Wildman–Crippen LogP) is 1.97. The molecule has 3 N–H and O–H groups in total. The third-order valence-corrected chi connectivity index (χ3v) is 2.59. The highest BCUT2D eigenvalue weighted by Crippen LogP contribution is 2.09. The van der Waals surface area contributed by atoms with Gasteiger partial charge in [0.2, 0.25) is 0 Å². The van der Waals surface area contributed by atoms with E-state index in [2.05, 4.69) is 4.90 Å². The minimum atomic E-state index is -0.217. The van der Waals surface area contributed by atoms with Gasteiger partial charge in [0.05, 0.1) is 5.84 Å². The molecule has 0 saturated heterocycles. The minimum absolute atomic E-state index is 0.179. The van der Waals surface area contributed by atoms with Gasteiger partial charge in [0.25, 0.3) is 0 Å². The number of hydrogen-bond acceptors (Lipinski definition) is 2. The third-order valence-electron chi connectivity index (χ3n) is 2.59. The fourth-order valence-electron chi connectivity index (χ4n) is 1.55. The van der Waals surface area contributed by atoms with E-state index in [9.17, 15) is 4.39 Å². The fourth-order valence-corrected chi connectivity index (χ4v) is 1.55. The summed E-state index contributed by atoms with van der Waals surface area (Å²) in [7, 11) is 1.94. The van der Waals surface area contributed by atoms with Crippen molar-refractivity contribution < 1.29 is 4.39 Å². The van der Waals surface area contributed by atoms with Crippen LogP contribution < -0.4 is 5.73 Å². The molecular formula is C12H18FN3. The van der Waals surface area contributed by atoms with E-state index < -0.39 is 0 Å². The maximum atomic E-state index is 13.0. The van der Waals surface area contributed by atoms with Crippen LogP contribution in [-0.2, 0) is 6.54 Å². The lowest BCUT2D eigenvalue weighted by Crippen LogP contribution is -2.32. The highest BCUT2D eigenvalue weighted by molar-refractivity contribution is 5.77. The minimum Gasteiger partial charge on any atom is -0.388 e. The topological polar surface area (TPSA) is 53.1 Å². The molecule has 1 rings (SSSR count). The van der Waals surface area contributed by atoms with Crippen molar-refractivity contribution in [2.24, 2.45) is 5.73 Å². The van der Waals surface area contributed by atoms with E-state index >= 15 is 0 Å². The number of nitrogens with one attached hydrogen (secondary N) is 1. The van der Waals surface area contributed by atoms with Crippen LogP contribution in [0.4, 0.5) is 4.39 Å². The van der Waals surface area contributed by atoms with Crippen molar-refractivity contribution in [2.45, 2.75) is 25.9 Å². The predicted molar refractivity (Wildman–Crippen MR) is 63.9 cm³/mol. The van der Waals surface area contributed by atoms with Crippen molar-refractivity contribution in [1.29, 1.82) is 5.41 Å². The molecule has 0 aliphatic heterocycles. The Hall–Kier alpha value is -1.42. The first-order valence-corrected chi connectivity index (χ1v) is 5.26. The number of amidine groups is 1. The zero-order valence-corrected chi connectivity index (χ0v) is 9.70. The van der Waals surface area contributed by atoms with Gasteiger partial charge in [-0.3, -0.25) is 10.3 Å². The van der Waals surface area contributed by atoms with Crippen molar-refractivity contribution >= 4 is 5.84 Å². The molecule has 0 bridgehead atoms. The first-order chi connectivity index (χ1) is 7.49. The van der Waals surface area contributed by atoms with Crippen LogP contribution >= 0.6 is 0 Å². The summed E-state index contributed by atoms with van der Waals surface area (Å²) >= 11 is 0. The highest BCUT2D eigenvalue weighted by atomic mass is 19.1. The molecule has 88 valence electrons. The van der Waals surface area contributed by atoms with Crippen molar-refractivity contribution in [3.05, 3.63) is 35.6 Å². The van der Waals surface area contributed by atoms with Crippen LogP contribution in [-0.4, -0.2) is 23.8 Å². The van der Waals surface area contributed by atoms with Gasteiger partial charge in [-0.25, -0.2) is 4.39 Å².